The highest BCUT2D eigenvalue weighted by atomic mass is 35.5. The van der Waals surface area contributed by atoms with Gasteiger partial charge in [-0.05, 0) is 30.7 Å². The average molecular weight is 422 g/mol. The molecule has 1 saturated carbocycles. The van der Waals surface area contributed by atoms with E-state index in [2.05, 4.69) is 24.9 Å². The molecule has 4 aromatic heterocycles. The number of nitrogens with one attached hydrogen (secondary N) is 2. The van der Waals surface area contributed by atoms with Crippen molar-refractivity contribution in [2.24, 2.45) is 0 Å². The first-order valence-corrected chi connectivity index (χ1v) is 10.7. The van der Waals surface area contributed by atoms with E-state index in [1.54, 1.807) is 30.7 Å². The molecule has 154 valence electrons. The highest BCUT2D eigenvalue weighted by Crippen LogP contribution is 2.26. The van der Waals surface area contributed by atoms with Gasteiger partial charge in [0.15, 0.2) is 5.65 Å². The van der Waals surface area contributed by atoms with Crippen molar-refractivity contribution in [1.29, 1.82) is 0 Å². The van der Waals surface area contributed by atoms with Crippen molar-refractivity contribution < 1.29 is 0 Å². The Kier molecular flexibility index (Phi) is 6.23. The highest BCUT2D eigenvalue weighted by Gasteiger charge is 2.11. The van der Waals surface area contributed by atoms with E-state index < -0.39 is 0 Å². The molecule has 2 N–H and O–H groups in total. The number of aromatic amines is 2. The quantitative estimate of drug-likeness (QED) is 0.436. The van der Waals surface area contributed by atoms with Gasteiger partial charge in [0.2, 0.25) is 5.56 Å². The van der Waals surface area contributed by atoms with Crippen molar-refractivity contribution in [3.8, 4) is 22.6 Å². The first kappa shape index (κ1) is 20.3. The van der Waals surface area contributed by atoms with Gasteiger partial charge in [0.25, 0.3) is 0 Å². The third-order valence-electron chi connectivity index (χ3n) is 5.25. The molecule has 7 heteroatoms. The second kappa shape index (κ2) is 9.22. The first-order valence-electron chi connectivity index (χ1n) is 10.3. The van der Waals surface area contributed by atoms with Crippen LogP contribution < -0.4 is 5.56 Å². The topological polar surface area (TPSA) is 87.3 Å². The van der Waals surface area contributed by atoms with Crippen LogP contribution in [0.4, 0.5) is 0 Å². The zero-order valence-electron chi connectivity index (χ0n) is 16.9. The number of halogens is 1. The van der Waals surface area contributed by atoms with Gasteiger partial charge >= 0.3 is 0 Å². The van der Waals surface area contributed by atoms with Gasteiger partial charge in [-0.25, -0.2) is 9.97 Å². The standard InChI is InChI=1S/C17H12ClN5O.C6H12/c1-9-4-13(10-2-3-15(24)20-6-10)19-8-12(9)16-22-14-5-11(18)7-21-17(14)23-16;1-2-4-6-5-3-1/h2-8H,1H3,(H,20,24)(H,21,22,23);1-6H2. The van der Waals surface area contributed by atoms with Crippen LogP contribution in [0.15, 0.2) is 47.7 Å². The molecule has 1 aliphatic carbocycles. The predicted octanol–water partition coefficient (Wildman–Crippen LogP) is 5.68. The maximum atomic E-state index is 11.2. The Morgan fingerprint density at radius 1 is 0.967 bits per heavy atom. The van der Waals surface area contributed by atoms with Gasteiger partial charge in [0.1, 0.15) is 5.82 Å². The molecule has 0 amide bonds. The number of aryl methyl sites for hydroxylation is 1. The Labute approximate surface area is 179 Å². The molecule has 0 aromatic carbocycles. The van der Waals surface area contributed by atoms with Crippen molar-refractivity contribution in [2.75, 3.05) is 0 Å². The lowest BCUT2D eigenvalue weighted by Gasteiger charge is -2.05. The van der Waals surface area contributed by atoms with Gasteiger partial charge < -0.3 is 9.97 Å². The summed E-state index contributed by atoms with van der Waals surface area (Å²) in [5.74, 6) is 0.692. The van der Waals surface area contributed by atoms with Gasteiger partial charge in [-0.3, -0.25) is 9.78 Å². The lowest BCUT2D eigenvalue weighted by Crippen LogP contribution is -2.02. The monoisotopic (exact) mass is 421 g/mol. The van der Waals surface area contributed by atoms with Crippen LogP contribution in [0.5, 0.6) is 0 Å². The summed E-state index contributed by atoms with van der Waals surface area (Å²) in [5.41, 5.74) is 4.78. The molecule has 1 fully saturated rings. The number of aromatic nitrogens is 5. The summed E-state index contributed by atoms with van der Waals surface area (Å²) < 4.78 is 0. The van der Waals surface area contributed by atoms with Gasteiger partial charge in [-0.15, -0.1) is 0 Å². The maximum absolute atomic E-state index is 11.2. The van der Waals surface area contributed by atoms with Crippen LogP contribution in [0.1, 0.15) is 44.1 Å². The molecular weight excluding hydrogens is 398 g/mol. The van der Waals surface area contributed by atoms with E-state index in [9.17, 15) is 4.79 Å². The van der Waals surface area contributed by atoms with Crippen molar-refractivity contribution >= 4 is 22.8 Å². The summed E-state index contributed by atoms with van der Waals surface area (Å²) in [6.45, 7) is 1.99. The van der Waals surface area contributed by atoms with Gasteiger partial charge in [-0.1, -0.05) is 50.1 Å². The van der Waals surface area contributed by atoms with E-state index in [0.717, 1.165) is 27.9 Å². The normalized spacial score (nSPS) is 13.7. The molecule has 5 rings (SSSR count). The van der Waals surface area contributed by atoms with Crippen LogP contribution in [0.2, 0.25) is 5.02 Å². The van der Waals surface area contributed by atoms with Crippen molar-refractivity contribution in [2.45, 2.75) is 45.4 Å². The zero-order valence-corrected chi connectivity index (χ0v) is 17.7. The Bertz CT molecular complexity index is 1180. The lowest BCUT2D eigenvalue weighted by atomic mass is 10.0. The second-order valence-corrected chi connectivity index (χ2v) is 7.99. The van der Waals surface area contributed by atoms with Crippen molar-refractivity contribution in [3.63, 3.8) is 0 Å². The van der Waals surface area contributed by atoms with Gasteiger partial charge in [-0.2, -0.15) is 0 Å². The highest BCUT2D eigenvalue weighted by molar-refractivity contribution is 6.31. The molecule has 1 aliphatic rings. The summed E-state index contributed by atoms with van der Waals surface area (Å²) in [7, 11) is 0. The smallest absolute Gasteiger partial charge is 0.247 e. The SMILES string of the molecule is C1CCCCC1.Cc1cc(-c2ccc(=O)[nH]c2)ncc1-c1nc2ncc(Cl)cc2[nH]1. The van der Waals surface area contributed by atoms with E-state index in [1.165, 1.54) is 44.6 Å². The molecule has 0 spiro atoms. The fourth-order valence-electron chi connectivity index (χ4n) is 3.59. The molecular formula is C23H24ClN5O. The van der Waals surface area contributed by atoms with Gasteiger partial charge in [0.05, 0.1) is 16.2 Å². The Balaban J connectivity index is 0.000000313. The Hall–Kier alpha value is -2.99. The van der Waals surface area contributed by atoms with Crippen LogP contribution in [0, 0.1) is 6.92 Å². The predicted molar refractivity (Wildman–Crippen MR) is 121 cm³/mol. The number of hydrogen-bond donors (Lipinski definition) is 2. The molecule has 4 aromatic rings. The maximum Gasteiger partial charge on any atom is 0.247 e. The third kappa shape index (κ3) is 4.76. The Morgan fingerprint density at radius 3 is 2.33 bits per heavy atom. The summed E-state index contributed by atoms with van der Waals surface area (Å²) in [6, 6.07) is 6.97. The lowest BCUT2D eigenvalue weighted by molar-refractivity contribution is 0.504. The number of imidazole rings is 1. The fourth-order valence-corrected chi connectivity index (χ4v) is 3.75. The van der Waals surface area contributed by atoms with Crippen LogP contribution in [0.3, 0.4) is 0 Å². The number of pyridine rings is 3. The molecule has 6 nitrogen and oxygen atoms in total. The number of H-pyrrole nitrogens is 2. The molecule has 0 bridgehead atoms. The minimum Gasteiger partial charge on any atom is -0.336 e. The number of nitrogens with zero attached hydrogens (tertiary/aromatic N) is 3. The molecule has 0 saturated heterocycles. The Morgan fingerprint density at radius 2 is 1.70 bits per heavy atom. The summed E-state index contributed by atoms with van der Waals surface area (Å²) in [4.78, 5) is 30.2. The molecule has 0 unspecified atom stereocenters. The first-order chi connectivity index (χ1) is 14.6. The minimum absolute atomic E-state index is 0.138. The summed E-state index contributed by atoms with van der Waals surface area (Å²) in [5, 5.41) is 0.556. The van der Waals surface area contributed by atoms with Crippen LogP contribution in [-0.4, -0.2) is 24.9 Å². The number of hydrogen-bond acceptors (Lipinski definition) is 4. The van der Waals surface area contributed by atoms with Crippen molar-refractivity contribution in [1.82, 2.24) is 24.9 Å². The van der Waals surface area contributed by atoms with E-state index in [4.69, 9.17) is 11.6 Å². The van der Waals surface area contributed by atoms with Gasteiger partial charge in [0, 0.05) is 35.8 Å². The number of rotatable bonds is 2. The minimum atomic E-state index is -0.138. The summed E-state index contributed by atoms with van der Waals surface area (Å²) >= 11 is 5.96. The van der Waals surface area contributed by atoms with Crippen LogP contribution in [-0.2, 0) is 0 Å². The van der Waals surface area contributed by atoms with E-state index >= 15 is 0 Å². The van der Waals surface area contributed by atoms with E-state index in [1.807, 2.05) is 13.0 Å². The zero-order chi connectivity index (χ0) is 20.9. The van der Waals surface area contributed by atoms with Crippen LogP contribution in [0.25, 0.3) is 33.8 Å². The number of fused-ring (bicyclic) bond motifs is 1. The summed E-state index contributed by atoms with van der Waals surface area (Å²) in [6.07, 6.45) is 14.0. The van der Waals surface area contributed by atoms with Crippen molar-refractivity contribution in [3.05, 3.63) is 63.8 Å². The largest absolute Gasteiger partial charge is 0.336 e. The van der Waals surface area contributed by atoms with E-state index in [-0.39, 0.29) is 5.56 Å². The average Bonchev–Trinajstić information content (AvgIpc) is 3.18. The van der Waals surface area contributed by atoms with Crippen LogP contribution >= 0.6 is 11.6 Å². The molecule has 4 heterocycles. The van der Waals surface area contributed by atoms with E-state index in [0.29, 0.717) is 16.5 Å². The molecule has 30 heavy (non-hydrogen) atoms. The second-order valence-electron chi connectivity index (χ2n) is 7.56. The molecule has 0 atom stereocenters. The fraction of sp³-hybridized carbons (Fsp3) is 0.304. The third-order valence-corrected chi connectivity index (χ3v) is 5.46. The molecule has 0 radical (unpaired) electrons. The molecule has 0 aliphatic heterocycles.